The van der Waals surface area contributed by atoms with Crippen LogP contribution in [-0.2, 0) is 73.6 Å². The van der Waals surface area contributed by atoms with Crippen LogP contribution in [0.4, 0.5) is 0 Å². The van der Waals surface area contributed by atoms with Crippen molar-refractivity contribution >= 4 is 77.0 Å². The SMILES string of the molecule is NC(N)=NCCC[C@@H](N)C(=O)N[C@@H](CCCN=C(N)N)C(=O)N1CCC[C@H]1C(=O)N1C[C@H](O)C[C@H]1C(=O)NCC(=O)N[C@H](C(=O)N[C@@H](CO)C(=O)N[C@@H](C(=O)N1[C@H](C(=O)N[C@@H](CCCN=C(N)N)C(=O)O)C[C@@H]2CCCC[C@@H]21)C1Cc2ccccc2C1)C1Cc2ccccc2C1. The second-order valence-electron chi connectivity index (χ2n) is 26.0. The number of nitrogens with zero attached hydrogens (tertiary/aromatic N) is 6. The number of aliphatic imine (C=N–C) groups is 3. The molecular weight excluding hydrogens is 1240 g/mol. The lowest BCUT2D eigenvalue weighted by Gasteiger charge is -2.38. The largest absolute Gasteiger partial charge is 0.480 e. The number of aliphatic carboxylic acids is 1. The van der Waals surface area contributed by atoms with Gasteiger partial charge in [0.25, 0.3) is 0 Å². The zero-order valence-corrected chi connectivity index (χ0v) is 54.0. The molecule has 23 N–H and O–H groups in total. The first-order valence-corrected chi connectivity index (χ1v) is 33.2. The number of carbonyl (C=O) groups excluding carboxylic acids is 9. The normalized spacial score (nSPS) is 22.3. The fourth-order valence-electron chi connectivity index (χ4n) is 14.5. The lowest BCUT2D eigenvalue weighted by Crippen LogP contribution is -2.62. The Morgan fingerprint density at radius 1 is 0.552 bits per heavy atom. The summed E-state index contributed by atoms with van der Waals surface area (Å²) in [5.74, 6) is -9.52. The summed E-state index contributed by atoms with van der Waals surface area (Å²) >= 11 is 0. The van der Waals surface area contributed by atoms with Crippen molar-refractivity contribution in [3.8, 4) is 0 Å². The minimum Gasteiger partial charge on any atom is -0.480 e. The van der Waals surface area contributed by atoms with Crippen LogP contribution < -0.4 is 72.0 Å². The first-order valence-electron chi connectivity index (χ1n) is 33.2. The van der Waals surface area contributed by atoms with Crippen LogP contribution >= 0.6 is 0 Å². The summed E-state index contributed by atoms with van der Waals surface area (Å²) in [6, 6.07) is 3.25. The van der Waals surface area contributed by atoms with Gasteiger partial charge in [-0.15, -0.1) is 0 Å². The minimum atomic E-state index is -1.68. The number of carbonyl (C=O) groups is 10. The topological polar surface area (TPSA) is 533 Å². The first kappa shape index (κ1) is 72.7. The maximum Gasteiger partial charge on any atom is 0.326 e. The molecular formula is C64H95N19O13. The van der Waals surface area contributed by atoms with E-state index in [0.717, 1.165) is 46.4 Å². The summed E-state index contributed by atoms with van der Waals surface area (Å²) in [7, 11) is 0. The van der Waals surface area contributed by atoms with Gasteiger partial charge in [-0.1, -0.05) is 61.4 Å². The molecule has 524 valence electrons. The molecule has 3 saturated heterocycles. The predicted molar refractivity (Wildman–Crippen MR) is 352 cm³/mol. The Kier molecular flexibility index (Phi) is 25.7. The number of carboxylic acids is 1. The van der Waals surface area contributed by atoms with Crippen molar-refractivity contribution in [3.05, 3.63) is 70.8 Å². The number of fused-ring (bicyclic) bond motifs is 3. The van der Waals surface area contributed by atoms with Gasteiger partial charge in [-0.05, 0) is 136 Å². The highest BCUT2D eigenvalue weighted by Gasteiger charge is 2.52. The summed E-state index contributed by atoms with van der Waals surface area (Å²) in [4.78, 5) is 158. The van der Waals surface area contributed by atoms with Gasteiger partial charge in [-0.2, -0.15) is 0 Å². The molecule has 32 nitrogen and oxygen atoms in total. The highest BCUT2D eigenvalue weighted by atomic mass is 16.4. The summed E-state index contributed by atoms with van der Waals surface area (Å²) < 4.78 is 0. The zero-order chi connectivity index (χ0) is 69.3. The average Bonchev–Trinajstić information content (AvgIpc) is 1.59. The van der Waals surface area contributed by atoms with Gasteiger partial charge >= 0.3 is 5.97 Å². The number of amides is 9. The molecule has 3 aliphatic heterocycles. The molecule has 3 aliphatic carbocycles. The Hall–Kier alpha value is -9.17. The van der Waals surface area contributed by atoms with Crippen LogP contribution in [0.15, 0.2) is 63.5 Å². The molecule has 32 heteroatoms. The third kappa shape index (κ3) is 18.9. The highest BCUT2D eigenvalue weighted by molar-refractivity contribution is 5.99. The molecule has 4 fully saturated rings. The molecule has 0 unspecified atom stereocenters. The second kappa shape index (κ2) is 34.0. The number of carboxylic acid groups (broad SMARTS) is 1. The Morgan fingerprint density at radius 3 is 1.66 bits per heavy atom. The van der Waals surface area contributed by atoms with Crippen LogP contribution in [0.1, 0.15) is 112 Å². The Labute approximate surface area is 556 Å². The molecule has 6 aliphatic rings. The lowest BCUT2D eigenvalue weighted by atomic mass is 9.84. The van der Waals surface area contributed by atoms with E-state index in [-0.39, 0.29) is 108 Å². The summed E-state index contributed by atoms with van der Waals surface area (Å²) in [5, 5.41) is 48.3. The quantitative estimate of drug-likeness (QED) is 0.0191. The number of hydrogen-bond acceptors (Lipinski definition) is 16. The average molecular weight is 1340 g/mol. The number of hydrogen-bond donors (Lipinski definition) is 16. The van der Waals surface area contributed by atoms with Gasteiger partial charge in [0.15, 0.2) is 17.9 Å². The van der Waals surface area contributed by atoms with Crippen molar-refractivity contribution < 1.29 is 63.3 Å². The fourth-order valence-corrected chi connectivity index (χ4v) is 14.5. The van der Waals surface area contributed by atoms with Gasteiger partial charge in [0.05, 0.1) is 25.3 Å². The smallest absolute Gasteiger partial charge is 0.326 e. The number of rotatable bonds is 31. The Bertz CT molecular complexity index is 3200. The molecule has 96 heavy (non-hydrogen) atoms. The monoisotopic (exact) mass is 1340 g/mol. The van der Waals surface area contributed by atoms with E-state index >= 15 is 4.79 Å². The first-order chi connectivity index (χ1) is 45.9. The van der Waals surface area contributed by atoms with E-state index < -0.39 is 151 Å². The lowest BCUT2D eigenvalue weighted by molar-refractivity contribution is -0.148. The molecule has 9 amide bonds. The number of likely N-dealkylation sites (tertiary alicyclic amines) is 3. The van der Waals surface area contributed by atoms with Crippen LogP contribution in [0.5, 0.6) is 0 Å². The van der Waals surface area contributed by atoms with Gasteiger partial charge in [0.1, 0.15) is 48.3 Å². The van der Waals surface area contributed by atoms with Crippen LogP contribution in [0.2, 0.25) is 0 Å². The van der Waals surface area contributed by atoms with E-state index in [0.29, 0.717) is 44.9 Å². The number of benzene rings is 2. The van der Waals surface area contributed by atoms with E-state index in [1.807, 2.05) is 48.5 Å². The number of nitrogens with one attached hydrogen (secondary N) is 6. The molecule has 0 bridgehead atoms. The molecule has 2 aromatic carbocycles. The van der Waals surface area contributed by atoms with Gasteiger partial charge < -0.3 is 102 Å². The van der Waals surface area contributed by atoms with Crippen molar-refractivity contribution in [2.45, 2.75) is 182 Å². The van der Waals surface area contributed by atoms with E-state index in [9.17, 15) is 58.5 Å². The van der Waals surface area contributed by atoms with Crippen molar-refractivity contribution in [2.75, 3.05) is 45.9 Å². The Balaban J connectivity index is 0.950. The van der Waals surface area contributed by atoms with Gasteiger partial charge in [0, 0.05) is 45.2 Å². The van der Waals surface area contributed by atoms with Gasteiger partial charge in [-0.25, -0.2) is 4.79 Å². The number of nitrogens with two attached hydrogens (primary N) is 7. The van der Waals surface area contributed by atoms with Crippen molar-refractivity contribution in [3.63, 3.8) is 0 Å². The number of guanidine groups is 3. The standard InChI is InChI=1S/C64H95N19O13/c65-42(16-7-21-72-62(66)67)53(87)76-43(17-8-22-73-63(68)69)58(92)81-24-10-20-47(81)59(93)82-32-41(85)30-48(82)55(89)75-31-50(86)79-51(39-25-34-11-1-2-12-35(34)26-39)57(91)78-45(33-84)54(88)80-52(40-27-36-13-3-4-14-37(36)28-40)60(94)83-46-19-6-5-15-38(46)29-49(83)56(90)77-44(61(95)96)18-9-23-74-64(70)71/h1-4,11-14,38-49,51-52,84-85H,5-10,15-33,65H2,(H,75,89)(H,76,87)(H,77,90)(H,78,91)(H,79,86)(H,80,88)(H,95,96)(H4,66,67,72)(H4,68,69,73)(H4,70,71,74)/t38-,41+,42+,43-,44-,45-,46-,47-,48-,49-,51-,52+/m0/s1. The third-order valence-corrected chi connectivity index (χ3v) is 19.3. The van der Waals surface area contributed by atoms with Crippen LogP contribution in [0.3, 0.4) is 0 Å². The van der Waals surface area contributed by atoms with Crippen LogP contribution in [-0.4, -0.2) is 219 Å². The van der Waals surface area contributed by atoms with Crippen LogP contribution in [0, 0.1) is 17.8 Å². The molecule has 8 rings (SSSR count). The van der Waals surface area contributed by atoms with E-state index in [2.05, 4.69) is 46.9 Å². The Morgan fingerprint density at radius 2 is 1.09 bits per heavy atom. The molecule has 1 saturated carbocycles. The van der Waals surface area contributed by atoms with Gasteiger partial charge in [0.2, 0.25) is 53.2 Å². The maximum absolute atomic E-state index is 15.5. The van der Waals surface area contributed by atoms with Gasteiger partial charge in [-0.3, -0.25) is 58.1 Å². The highest BCUT2D eigenvalue weighted by Crippen LogP contribution is 2.42. The van der Waals surface area contributed by atoms with Crippen molar-refractivity contribution in [1.82, 2.24) is 46.6 Å². The molecule has 3 heterocycles. The molecule has 0 aromatic heterocycles. The summed E-state index contributed by atoms with van der Waals surface area (Å²) in [6.45, 7) is -1.34. The van der Waals surface area contributed by atoms with E-state index in [1.54, 1.807) is 0 Å². The molecule has 0 radical (unpaired) electrons. The van der Waals surface area contributed by atoms with E-state index in [4.69, 9.17) is 40.1 Å². The zero-order valence-electron chi connectivity index (χ0n) is 54.0. The van der Waals surface area contributed by atoms with Crippen molar-refractivity contribution in [2.24, 2.45) is 72.9 Å². The fraction of sp³-hybridized carbons (Fsp3) is 0.609. The summed E-state index contributed by atoms with van der Waals surface area (Å²) in [5.41, 5.74) is 42.7. The number of aliphatic hydroxyl groups excluding tert-OH is 2. The van der Waals surface area contributed by atoms with E-state index in [1.165, 1.54) is 9.80 Å². The number of β-amino-alcohol motifs (C(OH)–C–C–N with tert-alkyl or cyclic N) is 1. The minimum absolute atomic E-state index is 0.00231. The van der Waals surface area contributed by atoms with Crippen molar-refractivity contribution in [1.29, 1.82) is 0 Å². The molecule has 2 aromatic rings. The maximum atomic E-state index is 15.5. The summed E-state index contributed by atoms with van der Waals surface area (Å²) in [6.07, 6.45) is 4.82. The second-order valence-corrected chi connectivity index (χ2v) is 26.0. The van der Waals surface area contributed by atoms with Crippen LogP contribution in [0.25, 0.3) is 0 Å². The predicted octanol–water partition coefficient (Wildman–Crippen LogP) is -4.97. The number of aliphatic hydroxyl groups is 2. The third-order valence-electron chi connectivity index (χ3n) is 19.3. The molecule has 0 spiro atoms. The molecule has 12 atom stereocenters.